The van der Waals surface area contributed by atoms with E-state index in [9.17, 15) is 19.8 Å². The van der Waals surface area contributed by atoms with Crippen LogP contribution in [-0.2, 0) is 9.59 Å². The number of β-amino-alcohol motifs (C(OH)–C–C–N with tert-alkyl or cyclic N) is 1. The van der Waals surface area contributed by atoms with E-state index in [0.29, 0.717) is 33.4 Å². The molecule has 0 saturated carbocycles. The van der Waals surface area contributed by atoms with Crippen LogP contribution >= 0.6 is 11.6 Å². The number of nitrogens with zero attached hydrogens (tertiary/aromatic N) is 1. The molecular weight excluding hydrogens is 426 g/mol. The van der Waals surface area contributed by atoms with Gasteiger partial charge in [-0.3, -0.25) is 9.59 Å². The second-order valence-corrected chi connectivity index (χ2v) is 7.12. The van der Waals surface area contributed by atoms with E-state index in [-0.39, 0.29) is 24.5 Å². The Morgan fingerprint density at radius 1 is 1.03 bits per heavy atom. The molecule has 31 heavy (non-hydrogen) atoms. The molecule has 0 spiro atoms. The molecule has 0 radical (unpaired) electrons. The van der Waals surface area contributed by atoms with Crippen molar-refractivity contribution < 1.29 is 34.0 Å². The van der Waals surface area contributed by atoms with Gasteiger partial charge in [-0.15, -0.1) is 0 Å². The molecule has 2 N–H and O–H groups in total. The smallest absolute Gasteiger partial charge is 0.295 e. The van der Waals surface area contributed by atoms with Crippen molar-refractivity contribution in [1.82, 2.24) is 4.90 Å². The topological polar surface area (TPSA) is 106 Å². The number of halogens is 1. The second kappa shape index (κ2) is 9.28. The summed E-state index contributed by atoms with van der Waals surface area (Å²) in [5.74, 6) is -1.07. The molecule has 1 amide bonds. The normalized spacial score (nSPS) is 17.7. The summed E-state index contributed by atoms with van der Waals surface area (Å²) in [5.41, 5.74) is 0.650. The Morgan fingerprint density at radius 2 is 1.61 bits per heavy atom. The molecule has 3 rings (SSSR count). The molecule has 0 aliphatic carbocycles. The van der Waals surface area contributed by atoms with Gasteiger partial charge in [-0.25, -0.2) is 0 Å². The van der Waals surface area contributed by atoms with Crippen LogP contribution in [0.15, 0.2) is 42.0 Å². The van der Waals surface area contributed by atoms with Crippen molar-refractivity contribution in [2.75, 3.05) is 34.5 Å². The van der Waals surface area contributed by atoms with Gasteiger partial charge in [0.25, 0.3) is 11.7 Å². The maximum Gasteiger partial charge on any atom is 0.295 e. The fourth-order valence-corrected chi connectivity index (χ4v) is 3.71. The standard InChI is InChI=1S/C22H22ClNO7/c1-29-15-10-13(11-16(30-2)21(15)31-3)18-17(20(27)22(28)24(18)8-9-25)19(26)12-4-6-14(23)7-5-12/h4-7,10-11,18,25-26H,8-9H2,1-3H3/t18-/m0/s1. The number of benzene rings is 2. The highest BCUT2D eigenvalue weighted by Gasteiger charge is 2.46. The Morgan fingerprint density at radius 3 is 2.10 bits per heavy atom. The highest BCUT2D eigenvalue weighted by molar-refractivity contribution is 6.46. The third kappa shape index (κ3) is 4.04. The number of likely N-dealkylation sites (tertiary alicyclic amines) is 1. The number of rotatable bonds is 7. The summed E-state index contributed by atoms with van der Waals surface area (Å²) >= 11 is 5.92. The van der Waals surface area contributed by atoms with Crippen LogP contribution in [0.3, 0.4) is 0 Å². The lowest BCUT2D eigenvalue weighted by atomic mass is 9.94. The van der Waals surface area contributed by atoms with Crippen molar-refractivity contribution in [3.8, 4) is 17.2 Å². The van der Waals surface area contributed by atoms with E-state index >= 15 is 0 Å². The largest absolute Gasteiger partial charge is 0.507 e. The molecule has 1 atom stereocenters. The third-order valence-corrected chi connectivity index (χ3v) is 5.25. The van der Waals surface area contributed by atoms with Crippen molar-refractivity contribution in [3.05, 3.63) is 58.1 Å². The minimum atomic E-state index is -0.975. The summed E-state index contributed by atoms with van der Waals surface area (Å²) in [4.78, 5) is 26.8. The first kappa shape index (κ1) is 22.5. The molecule has 0 bridgehead atoms. The molecule has 1 fully saturated rings. The molecule has 2 aromatic rings. The van der Waals surface area contributed by atoms with Gasteiger partial charge in [0.2, 0.25) is 5.75 Å². The van der Waals surface area contributed by atoms with E-state index < -0.39 is 17.7 Å². The average molecular weight is 448 g/mol. The molecule has 1 aliphatic heterocycles. The number of Topliss-reactive ketones (excluding diaryl/α,β-unsaturated/α-hetero) is 1. The summed E-state index contributed by atoms with van der Waals surface area (Å²) < 4.78 is 16.1. The van der Waals surface area contributed by atoms with Gasteiger partial charge in [0.05, 0.1) is 39.6 Å². The van der Waals surface area contributed by atoms with Gasteiger partial charge in [-0.05, 0) is 42.0 Å². The quantitative estimate of drug-likeness (QED) is 0.382. The Bertz CT molecular complexity index is 1010. The SMILES string of the molecule is COc1cc([C@H]2C(=C(O)c3ccc(Cl)cc3)C(=O)C(=O)N2CCO)cc(OC)c1OC. The van der Waals surface area contributed by atoms with Gasteiger partial charge in [0.15, 0.2) is 11.5 Å². The van der Waals surface area contributed by atoms with Crippen LogP contribution in [0.4, 0.5) is 0 Å². The zero-order valence-corrected chi connectivity index (χ0v) is 18.0. The van der Waals surface area contributed by atoms with Gasteiger partial charge in [0.1, 0.15) is 5.76 Å². The number of hydrogen-bond acceptors (Lipinski definition) is 7. The highest BCUT2D eigenvalue weighted by atomic mass is 35.5. The maximum absolute atomic E-state index is 12.9. The van der Waals surface area contributed by atoms with Crippen molar-refractivity contribution >= 4 is 29.1 Å². The minimum Gasteiger partial charge on any atom is -0.507 e. The molecule has 0 aromatic heterocycles. The van der Waals surface area contributed by atoms with E-state index in [1.54, 1.807) is 36.4 Å². The number of carbonyl (C=O) groups is 2. The van der Waals surface area contributed by atoms with E-state index in [2.05, 4.69) is 0 Å². The molecule has 1 heterocycles. The van der Waals surface area contributed by atoms with Crippen LogP contribution in [0.25, 0.3) is 5.76 Å². The summed E-state index contributed by atoms with van der Waals surface area (Å²) in [5, 5.41) is 20.9. The number of ether oxygens (including phenoxy) is 3. The number of aliphatic hydroxyl groups excluding tert-OH is 2. The van der Waals surface area contributed by atoms with E-state index in [1.165, 1.54) is 26.2 Å². The first-order chi connectivity index (χ1) is 14.9. The van der Waals surface area contributed by atoms with Crippen molar-refractivity contribution in [1.29, 1.82) is 0 Å². The lowest BCUT2D eigenvalue weighted by Crippen LogP contribution is -2.32. The molecule has 1 aliphatic rings. The monoisotopic (exact) mass is 447 g/mol. The van der Waals surface area contributed by atoms with E-state index in [0.717, 1.165) is 0 Å². The fraction of sp³-hybridized carbons (Fsp3) is 0.273. The van der Waals surface area contributed by atoms with Crippen LogP contribution in [0.5, 0.6) is 17.2 Å². The molecule has 8 nitrogen and oxygen atoms in total. The number of amides is 1. The van der Waals surface area contributed by atoms with E-state index in [4.69, 9.17) is 25.8 Å². The first-order valence-corrected chi connectivity index (χ1v) is 9.70. The molecular formula is C22H22ClNO7. The van der Waals surface area contributed by atoms with Gasteiger partial charge >= 0.3 is 0 Å². The van der Waals surface area contributed by atoms with Crippen LogP contribution in [0, 0.1) is 0 Å². The number of hydrogen-bond donors (Lipinski definition) is 2. The van der Waals surface area contributed by atoms with Gasteiger partial charge < -0.3 is 29.3 Å². The minimum absolute atomic E-state index is 0.108. The molecule has 164 valence electrons. The lowest BCUT2D eigenvalue weighted by molar-refractivity contribution is -0.140. The van der Waals surface area contributed by atoms with Crippen LogP contribution in [0.1, 0.15) is 17.2 Å². The lowest BCUT2D eigenvalue weighted by Gasteiger charge is -2.26. The third-order valence-electron chi connectivity index (χ3n) is 5.00. The average Bonchev–Trinajstić information content (AvgIpc) is 3.03. The summed E-state index contributed by atoms with van der Waals surface area (Å²) in [6, 6.07) is 8.43. The Kier molecular flexibility index (Phi) is 6.72. The zero-order chi connectivity index (χ0) is 22.7. The van der Waals surface area contributed by atoms with Crippen molar-refractivity contribution in [2.24, 2.45) is 0 Å². The Labute approximate surface area is 184 Å². The number of ketones is 1. The van der Waals surface area contributed by atoms with Crippen molar-refractivity contribution in [2.45, 2.75) is 6.04 Å². The highest BCUT2D eigenvalue weighted by Crippen LogP contribution is 2.45. The summed E-state index contributed by atoms with van der Waals surface area (Å²) in [6.07, 6.45) is 0. The first-order valence-electron chi connectivity index (χ1n) is 9.33. The van der Waals surface area contributed by atoms with Crippen molar-refractivity contribution in [3.63, 3.8) is 0 Å². The predicted octanol–water partition coefficient (Wildman–Crippen LogP) is 2.78. The number of methoxy groups -OCH3 is 3. The summed E-state index contributed by atoms with van der Waals surface area (Å²) in [6.45, 7) is -0.474. The van der Waals surface area contributed by atoms with Crippen LogP contribution < -0.4 is 14.2 Å². The summed E-state index contributed by atoms with van der Waals surface area (Å²) in [7, 11) is 4.34. The maximum atomic E-state index is 12.9. The Hall–Kier alpha value is -3.23. The molecule has 1 saturated heterocycles. The number of aliphatic hydroxyl groups is 2. The predicted molar refractivity (Wildman–Crippen MR) is 114 cm³/mol. The van der Waals surface area contributed by atoms with E-state index in [1.807, 2.05) is 0 Å². The van der Waals surface area contributed by atoms with Gasteiger partial charge in [0, 0.05) is 17.1 Å². The van der Waals surface area contributed by atoms with Crippen LogP contribution in [-0.4, -0.2) is 61.3 Å². The van der Waals surface area contributed by atoms with Crippen LogP contribution in [0.2, 0.25) is 5.02 Å². The van der Waals surface area contributed by atoms with Gasteiger partial charge in [-0.2, -0.15) is 0 Å². The molecule has 9 heteroatoms. The zero-order valence-electron chi connectivity index (χ0n) is 17.2. The fourth-order valence-electron chi connectivity index (χ4n) is 3.59. The second-order valence-electron chi connectivity index (χ2n) is 6.68. The molecule has 0 unspecified atom stereocenters. The Balaban J connectivity index is 2.26. The van der Waals surface area contributed by atoms with Gasteiger partial charge in [-0.1, -0.05) is 11.6 Å². The molecule has 2 aromatic carbocycles. The number of carbonyl (C=O) groups excluding carboxylic acids is 2.